The monoisotopic (exact) mass is 519 g/mol. The maximum atomic E-state index is 13.6. The Morgan fingerprint density at radius 3 is 2.34 bits per heavy atom. The van der Waals surface area contributed by atoms with Gasteiger partial charge in [0, 0.05) is 17.6 Å². The fraction of sp³-hybridized carbons (Fsp3) is 0.462. The van der Waals surface area contributed by atoms with Gasteiger partial charge in [-0.25, -0.2) is 8.42 Å². The van der Waals surface area contributed by atoms with Crippen molar-refractivity contribution >= 4 is 39.1 Å². The van der Waals surface area contributed by atoms with Crippen LogP contribution in [0.1, 0.15) is 50.2 Å². The molecule has 0 spiro atoms. The number of nitrogens with zero attached hydrogens (tertiary/aromatic N) is 2. The molecule has 2 amide bonds. The third kappa shape index (κ3) is 7.45. The van der Waals surface area contributed by atoms with Gasteiger partial charge in [-0.05, 0) is 49.9 Å². The number of benzene rings is 2. The van der Waals surface area contributed by atoms with Crippen LogP contribution in [0.5, 0.6) is 0 Å². The lowest BCUT2D eigenvalue weighted by atomic mass is 9.95. The van der Waals surface area contributed by atoms with Crippen LogP contribution in [0.4, 0.5) is 5.69 Å². The van der Waals surface area contributed by atoms with E-state index in [4.69, 9.17) is 11.6 Å². The van der Waals surface area contributed by atoms with Gasteiger partial charge in [-0.15, -0.1) is 0 Å². The fourth-order valence-electron chi connectivity index (χ4n) is 4.28. The Hall–Kier alpha value is -2.58. The van der Waals surface area contributed by atoms with E-state index in [1.165, 1.54) is 17.4 Å². The summed E-state index contributed by atoms with van der Waals surface area (Å²) in [4.78, 5) is 28.1. The lowest BCUT2D eigenvalue weighted by Gasteiger charge is -2.33. The molecule has 35 heavy (non-hydrogen) atoms. The van der Waals surface area contributed by atoms with Crippen LogP contribution < -0.4 is 9.62 Å². The number of amides is 2. The van der Waals surface area contributed by atoms with E-state index in [1.54, 1.807) is 19.1 Å². The van der Waals surface area contributed by atoms with Crippen LogP contribution >= 0.6 is 11.6 Å². The first-order valence-electron chi connectivity index (χ1n) is 11.9. The van der Waals surface area contributed by atoms with Crippen molar-refractivity contribution in [3.8, 4) is 0 Å². The Morgan fingerprint density at radius 2 is 1.74 bits per heavy atom. The van der Waals surface area contributed by atoms with Crippen LogP contribution in [0.15, 0.2) is 48.5 Å². The Bertz CT molecular complexity index is 1130. The topological polar surface area (TPSA) is 86.8 Å². The van der Waals surface area contributed by atoms with E-state index in [1.807, 2.05) is 37.3 Å². The Labute approximate surface area is 213 Å². The van der Waals surface area contributed by atoms with Crippen molar-refractivity contribution in [3.05, 3.63) is 64.7 Å². The normalized spacial score (nSPS) is 15.3. The molecule has 0 aliphatic heterocycles. The summed E-state index contributed by atoms with van der Waals surface area (Å²) in [6.45, 7) is 3.25. The lowest BCUT2D eigenvalue weighted by molar-refractivity contribution is -0.139. The summed E-state index contributed by atoms with van der Waals surface area (Å²) in [6, 6.07) is 13.6. The molecule has 3 rings (SSSR count). The molecular formula is C26H34ClN3O4S. The molecule has 0 radical (unpaired) electrons. The molecule has 9 heteroatoms. The van der Waals surface area contributed by atoms with Gasteiger partial charge >= 0.3 is 0 Å². The highest BCUT2D eigenvalue weighted by molar-refractivity contribution is 7.92. The molecule has 0 heterocycles. The number of hydrogen-bond acceptors (Lipinski definition) is 4. The maximum absolute atomic E-state index is 13.6. The number of rotatable bonds is 9. The largest absolute Gasteiger partial charge is 0.352 e. The molecule has 2 aromatic carbocycles. The molecule has 0 aromatic heterocycles. The van der Waals surface area contributed by atoms with E-state index in [-0.39, 0.29) is 18.5 Å². The van der Waals surface area contributed by atoms with Crippen LogP contribution in [-0.2, 0) is 26.2 Å². The molecule has 1 fully saturated rings. The third-order valence-electron chi connectivity index (χ3n) is 6.44. The highest BCUT2D eigenvalue weighted by atomic mass is 35.5. The molecule has 1 atom stereocenters. The standard InChI is InChI=1S/C26H34ClN3O4S/c1-19-14-15-23(16-24(19)27)30(35(3,33)34)18-25(31)29(17-21-10-6-4-7-11-21)20(2)26(32)28-22-12-8-5-9-13-22/h4,6-7,10-11,14-16,20,22H,5,8-9,12-13,17-18H2,1-3H3,(H,28,32)/t20-/m1/s1. The summed E-state index contributed by atoms with van der Waals surface area (Å²) in [6.07, 6.45) is 6.24. The fourth-order valence-corrected chi connectivity index (χ4v) is 5.30. The molecule has 1 aliphatic rings. The first-order valence-corrected chi connectivity index (χ1v) is 14.2. The van der Waals surface area contributed by atoms with E-state index in [0.717, 1.165) is 47.4 Å². The zero-order valence-corrected chi connectivity index (χ0v) is 22.1. The van der Waals surface area contributed by atoms with Crippen molar-refractivity contribution in [3.63, 3.8) is 0 Å². The summed E-state index contributed by atoms with van der Waals surface area (Å²) in [7, 11) is -3.79. The van der Waals surface area contributed by atoms with Gasteiger partial charge in [0.2, 0.25) is 21.8 Å². The number of carbonyl (C=O) groups excluding carboxylic acids is 2. The second-order valence-electron chi connectivity index (χ2n) is 9.23. The molecule has 1 aliphatic carbocycles. The molecule has 1 N–H and O–H groups in total. The summed E-state index contributed by atoms with van der Waals surface area (Å²) < 4.78 is 26.3. The third-order valence-corrected chi connectivity index (χ3v) is 7.98. The van der Waals surface area contributed by atoms with E-state index in [0.29, 0.717) is 10.7 Å². The number of halogens is 1. The quantitative estimate of drug-likeness (QED) is 0.535. The van der Waals surface area contributed by atoms with Gasteiger partial charge in [-0.1, -0.05) is 67.3 Å². The number of nitrogens with one attached hydrogen (secondary N) is 1. The minimum absolute atomic E-state index is 0.106. The smallest absolute Gasteiger partial charge is 0.244 e. The molecular weight excluding hydrogens is 486 g/mol. The van der Waals surface area contributed by atoms with E-state index in [2.05, 4.69) is 5.32 Å². The van der Waals surface area contributed by atoms with E-state index in [9.17, 15) is 18.0 Å². The summed E-state index contributed by atoms with van der Waals surface area (Å²) in [5.41, 5.74) is 1.95. The molecule has 0 bridgehead atoms. The number of carbonyl (C=O) groups is 2. The molecule has 2 aromatic rings. The highest BCUT2D eigenvalue weighted by Crippen LogP contribution is 2.25. The van der Waals surface area contributed by atoms with Gasteiger partial charge in [-0.2, -0.15) is 0 Å². The van der Waals surface area contributed by atoms with Gasteiger partial charge in [0.15, 0.2) is 0 Å². The lowest BCUT2D eigenvalue weighted by Crippen LogP contribution is -2.52. The summed E-state index contributed by atoms with van der Waals surface area (Å²) in [5.74, 6) is -0.701. The number of aryl methyl sites for hydroxylation is 1. The average molecular weight is 520 g/mol. The number of hydrogen-bond donors (Lipinski definition) is 1. The SMILES string of the molecule is Cc1ccc(N(CC(=O)N(Cc2ccccc2)[C@H](C)C(=O)NC2CCCCC2)S(C)(=O)=O)cc1Cl. The average Bonchev–Trinajstić information content (AvgIpc) is 2.83. The second kappa shape index (κ2) is 11.9. The van der Waals surface area contributed by atoms with Crippen LogP contribution in [0.25, 0.3) is 0 Å². The van der Waals surface area contributed by atoms with Crippen molar-refractivity contribution < 1.29 is 18.0 Å². The number of sulfonamides is 1. The van der Waals surface area contributed by atoms with Crippen LogP contribution in [-0.4, -0.2) is 50.0 Å². The van der Waals surface area contributed by atoms with Gasteiger partial charge in [0.25, 0.3) is 0 Å². The highest BCUT2D eigenvalue weighted by Gasteiger charge is 2.31. The molecule has 7 nitrogen and oxygen atoms in total. The minimum atomic E-state index is -3.79. The predicted molar refractivity (Wildman–Crippen MR) is 140 cm³/mol. The molecule has 0 unspecified atom stereocenters. The predicted octanol–water partition coefficient (Wildman–Crippen LogP) is 4.28. The summed E-state index contributed by atoms with van der Waals surface area (Å²) in [5, 5.41) is 3.49. The Balaban J connectivity index is 1.86. The van der Waals surface area contributed by atoms with Crippen LogP contribution in [0.3, 0.4) is 0 Å². The van der Waals surface area contributed by atoms with Gasteiger partial charge < -0.3 is 10.2 Å². The number of anilines is 1. The summed E-state index contributed by atoms with van der Waals surface area (Å²) >= 11 is 6.23. The van der Waals surface area contributed by atoms with Gasteiger partial charge in [0.1, 0.15) is 12.6 Å². The van der Waals surface area contributed by atoms with Crippen molar-refractivity contribution in [1.82, 2.24) is 10.2 Å². The Kier molecular flexibility index (Phi) is 9.19. The van der Waals surface area contributed by atoms with Crippen molar-refractivity contribution in [1.29, 1.82) is 0 Å². The minimum Gasteiger partial charge on any atom is -0.352 e. The van der Waals surface area contributed by atoms with Crippen molar-refractivity contribution in [2.45, 2.75) is 64.6 Å². The van der Waals surface area contributed by atoms with E-state index >= 15 is 0 Å². The zero-order chi connectivity index (χ0) is 25.6. The Morgan fingerprint density at radius 1 is 1.09 bits per heavy atom. The van der Waals surface area contributed by atoms with Gasteiger partial charge in [-0.3, -0.25) is 13.9 Å². The zero-order valence-electron chi connectivity index (χ0n) is 20.5. The van der Waals surface area contributed by atoms with Crippen LogP contribution in [0, 0.1) is 6.92 Å². The first-order chi connectivity index (χ1) is 16.6. The molecule has 190 valence electrons. The van der Waals surface area contributed by atoms with Crippen molar-refractivity contribution in [2.75, 3.05) is 17.1 Å². The van der Waals surface area contributed by atoms with Gasteiger partial charge in [0.05, 0.1) is 11.9 Å². The van der Waals surface area contributed by atoms with Crippen molar-refractivity contribution in [2.24, 2.45) is 0 Å². The maximum Gasteiger partial charge on any atom is 0.244 e. The molecule has 0 saturated heterocycles. The molecule has 1 saturated carbocycles. The second-order valence-corrected chi connectivity index (χ2v) is 11.5. The first kappa shape index (κ1) is 27.0. The van der Waals surface area contributed by atoms with E-state index < -0.39 is 28.5 Å². The van der Waals surface area contributed by atoms with Crippen LogP contribution in [0.2, 0.25) is 5.02 Å².